The Hall–Kier alpha value is -3.32. The van der Waals surface area contributed by atoms with Gasteiger partial charge in [-0.3, -0.25) is 10.1 Å². The van der Waals surface area contributed by atoms with Crippen LogP contribution in [0.5, 0.6) is 0 Å². The first-order valence-electron chi connectivity index (χ1n) is 7.81. The number of nitrogens with one attached hydrogen (secondary N) is 2. The van der Waals surface area contributed by atoms with E-state index in [4.69, 9.17) is 17.2 Å². The van der Waals surface area contributed by atoms with Crippen molar-refractivity contribution in [1.29, 1.82) is 0 Å². The van der Waals surface area contributed by atoms with Crippen molar-refractivity contribution >= 4 is 28.7 Å². The van der Waals surface area contributed by atoms with E-state index in [-0.39, 0.29) is 11.4 Å². The second-order valence-electron chi connectivity index (χ2n) is 5.72. The van der Waals surface area contributed by atoms with Gasteiger partial charge < -0.3 is 22.2 Å². The van der Waals surface area contributed by atoms with E-state index >= 15 is 0 Å². The fourth-order valence-corrected chi connectivity index (χ4v) is 2.88. The SMILES string of the molecule is NCCc1ccc(-c2ccc3c(C(N)=O)c(NC(N)=O)[nH]c3c2)cc1. The van der Waals surface area contributed by atoms with E-state index in [1.54, 1.807) is 6.07 Å². The number of hydrogen-bond acceptors (Lipinski definition) is 3. The Morgan fingerprint density at radius 2 is 1.68 bits per heavy atom. The molecule has 0 aliphatic carbocycles. The van der Waals surface area contributed by atoms with Crippen molar-refractivity contribution in [3.05, 3.63) is 53.6 Å². The van der Waals surface area contributed by atoms with Gasteiger partial charge in [0.05, 0.1) is 5.56 Å². The van der Waals surface area contributed by atoms with E-state index in [0.29, 0.717) is 17.4 Å². The molecular formula is C18H19N5O2. The van der Waals surface area contributed by atoms with Crippen molar-refractivity contribution in [2.75, 3.05) is 11.9 Å². The Bertz CT molecular complexity index is 944. The fraction of sp³-hybridized carbons (Fsp3) is 0.111. The van der Waals surface area contributed by atoms with Crippen molar-refractivity contribution in [2.45, 2.75) is 6.42 Å². The average Bonchev–Trinajstić information content (AvgIpc) is 2.92. The summed E-state index contributed by atoms with van der Waals surface area (Å²) in [6, 6.07) is 12.9. The van der Waals surface area contributed by atoms with Gasteiger partial charge in [0, 0.05) is 10.9 Å². The molecule has 3 rings (SSSR count). The predicted molar refractivity (Wildman–Crippen MR) is 98.2 cm³/mol. The van der Waals surface area contributed by atoms with Crippen LogP contribution in [0.3, 0.4) is 0 Å². The van der Waals surface area contributed by atoms with E-state index in [9.17, 15) is 9.59 Å². The number of urea groups is 1. The molecule has 1 aromatic heterocycles. The van der Waals surface area contributed by atoms with E-state index in [0.717, 1.165) is 17.5 Å². The summed E-state index contributed by atoms with van der Waals surface area (Å²) in [5.41, 5.74) is 20.2. The molecule has 7 heteroatoms. The number of rotatable bonds is 5. The predicted octanol–water partition coefficient (Wildman–Crippen LogP) is 1.93. The molecule has 3 aromatic rings. The largest absolute Gasteiger partial charge is 0.365 e. The van der Waals surface area contributed by atoms with Crippen LogP contribution in [0.2, 0.25) is 0 Å². The van der Waals surface area contributed by atoms with Gasteiger partial charge >= 0.3 is 6.03 Å². The zero-order valence-electron chi connectivity index (χ0n) is 13.5. The summed E-state index contributed by atoms with van der Waals surface area (Å²) < 4.78 is 0. The topological polar surface area (TPSA) is 140 Å². The minimum absolute atomic E-state index is 0.199. The minimum Gasteiger partial charge on any atom is -0.365 e. The first-order valence-corrected chi connectivity index (χ1v) is 7.81. The molecule has 1 heterocycles. The van der Waals surface area contributed by atoms with Crippen LogP contribution in [-0.2, 0) is 6.42 Å². The molecule has 0 unspecified atom stereocenters. The molecule has 2 aromatic carbocycles. The number of aromatic nitrogens is 1. The molecule has 8 N–H and O–H groups in total. The van der Waals surface area contributed by atoms with Gasteiger partial charge in [0.25, 0.3) is 5.91 Å². The average molecular weight is 337 g/mol. The van der Waals surface area contributed by atoms with Gasteiger partial charge in [-0.05, 0) is 35.7 Å². The van der Waals surface area contributed by atoms with Gasteiger partial charge in [-0.15, -0.1) is 0 Å². The quantitative estimate of drug-likeness (QED) is 0.486. The minimum atomic E-state index is -0.773. The van der Waals surface area contributed by atoms with Gasteiger partial charge in [0.1, 0.15) is 5.82 Å². The van der Waals surface area contributed by atoms with Crippen LogP contribution in [-0.4, -0.2) is 23.5 Å². The lowest BCUT2D eigenvalue weighted by Crippen LogP contribution is -2.22. The highest BCUT2D eigenvalue weighted by molar-refractivity contribution is 6.13. The van der Waals surface area contributed by atoms with Crippen LogP contribution >= 0.6 is 0 Å². The van der Waals surface area contributed by atoms with Crippen molar-refractivity contribution < 1.29 is 9.59 Å². The molecule has 7 nitrogen and oxygen atoms in total. The standard InChI is InChI=1S/C18H19N5O2/c19-8-7-10-1-3-11(4-2-10)12-5-6-13-14(9-12)22-17(23-18(21)25)15(13)16(20)24/h1-6,9,22H,7-8,19H2,(H2,20,24)(H3,21,23,25). The number of aromatic amines is 1. The van der Waals surface area contributed by atoms with Gasteiger partial charge in [0.2, 0.25) is 0 Å². The molecule has 0 bridgehead atoms. The summed E-state index contributed by atoms with van der Waals surface area (Å²) in [6.45, 7) is 0.610. The summed E-state index contributed by atoms with van der Waals surface area (Å²) in [4.78, 5) is 25.8. The normalized spacial score (nSPS) is 10.8. The number of hydrogen-bond donors (Lipinski definition) is 5. The maximum Gasteiger partial charge on any atom is 0.317 e. The molecule has 0 fully saturated rings. The van der Waals surface area contributed by atoms with Gasteiger partial charge in [-0.25, -0.2) is 4.79 Å². The van der Waals surface area contributed by atoms with E-state index < -0.39 is 11.9 Å². The summed E-state index contributed by atoms with van der Waals surface area (Å²) in [7, 11) is 0. The Kier molecular flexibility index (Phi) is 4.40. The summed E-state index contributed by atoms with van der Waals surface area (Å²) in [5.74, 6) is -0.445. The molecular weight excluding hydrogens is 318 g/mol. The highest BCUT2D eigenvalue weighted by Gasteiger charge is 2.17. The van der Waals surface area contributed by atoms with Crippen LogP contribution < -0.4 is 22.5 Å². The second-order valence-corrected chi connectivity index (χ2v) is 5.72. The second kappa shape index (κ2) is 6.66. The first-order chi connectivity index (χ1) is 12.0. The van der Waals surface area contributed by atoms with Gasteiger partial charge in [-0.2, -0.15) is 0 Å². The number of carbonyl (C=O) groups is 2. The maximum atomic E-state index is 11.7. The van der Waals surface area contributed by atoms with Crippen molar-refractivity contribution in [3.8, 4) is 11.1 Å². The van der Waals surface area contributed by atoms with Crippen LogP contribution in [0.4, 0.5) is 10.6 Å². The summed E-state index contributed by atoms with van der Waals surface area (Å²) in [5, 5.41) is 3.02. The van der Waals surface area contributed by atoms with E-state index in [2.05, 4.69) is 10.3 Å². The highest BCUT2D eigenvalue weighted by atomic mass is 16.2. The number of H-pyrrole nitrogens is 1. The van der Waals surface area contributed by atoms with E-state index in [1.807, 2.05) is 36.4 Å². The van der Waals surface area contributed by atoms with Gasteiger partial charge in [0.15, 0.2) is 0 Å². The van der Waals surface area contributed by atoms with Crippen LogP contribution in [0, 0.1) is 0 Å². The van der Waals surface area contributed by atoms with Gasteiger partial charge in [-0.1, -0.05) is 36.4 Å². The number of benzene rings is 2. The number of fused-ring (bicyclic) bond motifs is 1. The lowest BCUT2D eigenvalue weighted by atomic mass is 10.0. The molecule has 0 saturated carbocycles. The van der Waals surface area contributed by atoms with Crippen molar-refractivity contribution in [3.63, 3.8) is 0 Å². The van der Waals surface area contributed by atoms with Crippen LogP contribution in [0.15, 0.2) is 42.5 Å². The lowest BCUT2D eigenvalue weighted by molar-refractivity contribution is 0.100. The number of amides is 3. The molecule has 0 aliphatic heterocycles. The monoisotopic (exact) mass is 337 g/mol. The smallest absolute Gasteiger partial charge is 0.317 e. The molecule has 0 saturated heterocycles. The molecule has 128 valence electrons. The van der Waals surface area contributed by atoms with Crippen LogP contribution in [0.25, 0.3) is 22.0 Å². The number of nitrogens with two attached hydrogens (primary N) is 3. The third-order valence-corrected chi connectivity index (χ3v) is 4.01. The Balaban J connectivity index is 2.05. The number of carbonyl (C=O) groups excluding carboxylic acids is 2. The highest BCUT2D eigenvalue weighted by Crippen LogP contribution is 2.30. The van der Waals surface area contributed by atoms with Crippen molar-refractivity contribution in [1.82, 2.24) is 4.98 Å². The number of primary amides is 2. The van der Waals surface area contributed by atoms with Crippen LogP contribution in [0.1, 0.15) is 15.9 Å². The first kappa shape index (κ1) is 16.5. The lowest BCUT2D eigenvalue weighted by Gasteiger charge is -2.04. The zero-order valence-corrected chi connectivity index (χ0v) is 13.5. The number of anilines is 1. The molecule has 0 aliphatic rings. The molecule has 0 radical (unpaired) electrons. The van der Waals surface area contributed by atoms with E-state index in [1.165, 1.54) is 5.56 Å². The molecule has 0 atom stereocenters. The maximum absolute atomic E-state index is 11.7. The third kappa shape index (κ3) is 3.31. The Labute approximate surface area is 144 Å². The summed E-state index contributed by atoms with van der Waals surface area (Å²) >= 11 is 0. The Morgan fingerprint density at radius 1 is 1.00 bits per heavy atom. The fourth-order valence-electron chi connectivity index (χ4n) is 2.88. The zero-order chi connectivity index (χ0) is 18.0. The summed E-state index contributed by atoms with van der Waals surface area (Å²) in [6.07, 6.45) is 0.833. The Morgan fingerprint density at radius 3 is 2.28 bits per heavy atom. The third-order valence-electron chi connectivity index (χ3n) is 4.01. The molecule has 0 spiro atoms. The molecule has 25 heavy (non-hydrogen) atoms. The molecule has 3 amide bonds. The van der Waals surface area contributed by atoms with Crippen molar-refractivity contribution in [2.24, 2.45) is 17.2 Å².